The molecule has 0 aliphatic heterocycles. The normalized spacial score (nSPS) is 17.3. The summed E-state index contributed by atoms with van der Waals surface area (Å²) in [5.74, 6) is -0.152. The Bertz CT molecular complexity index is 1690. The summed E-state index contributed by atoms with van der Waals surface area (Å²) in [6, 6.07) is 9.67. The molecule has 2 aliphatic carbocycles. The zero-order chi connectivity index (χ0) is 30.1. The van der Waals surface area contributed by atoms with Gasteiger partial charge in [0, 0.05) is 50.3 Å². The molecule has 5 rings (SSSR count). The van der Waals surface area contributed by atoms with Crippen LogP contribution in [0.5, 0.6) is 0 Å². The van der Waals surface area contributed by atoms with Gasteiger partial charge in [0.1, 0.15) is 0 Å². The molecule has 2 amide bonds. The van der Waals surface area contributed by atoms with Crippen molar-refractivity contribution in [3.8, 4) is 0 Å². The van der Waals surface area contributed by atoms with Gasteiger partial charge in [-0.25, -0.2) is 4.99 Å². The van der Waals surface area contributed by atoms with Crippen LogP contribution in [0.25, 0.3) is 22.2 Å². The molecule has 1 heterocycles. The number of carbonyl (C=O) groups is 2. The Balaban J connectivity index is 0.00000189. The number of amides is 2. The quantitative estimate of drug-likeness (QED) is 0.195. The molecule has 8 heteroatoms. The smallest absolute Gasteiger partial charge is 0.269 e. The minimum absolute atomic E-state index is 0.00596. The molecule has 0 unspecified atom stereocenters. The average Bonchev–Trinajstić information content (AvgIpc) is 3.90. The van der Waals surface area contributed by atoms with Crippen LogP contribution in [-0.2, 0) is 9.59 Å². The van der Waals surface area contributed by atoms with Gasteiger partial charge in [-0.1, -0.05) is 45.4 Å². The Morgan fingerprint density at radius 2 is 1.85 bits per heavy atom. The minimum Gasteiger partial charge on any atom is -0.398 e. The van der Waals surface area contributed by atoms with E-state index in [1.54, 1.807) is 6.07 Å². The van der Waals surface area contributed by atoms with Crippen molar-refractivity contribution in [2.24, 2.45) is 16.1 Å². The Morgan fingerprint density at radius 1 is 1.17 bits per heavy atom. The summed E-state index contributed by atoms with van der Waals surface area (Å²) >= 11 is 0. The van der Waals surface area contributed by atoms with Crippen molar-refractivity contribution in [2.45, 2.75) is 79.6 Å². The fourth-order valence-corrected chi connectivity index (χ4v) is 5.07. The van der Waals surface area contributed by atoms with E-state index in [2.05, 4.69) is 16.4 Å². The van der Waals surface area contributed by atoms with E-state index >= 15 is 0 Å². The lowest BCUT2D eigenvalue weighted by Gasteiger charge is -2.16. The lowest BCUT2D eigenvalue weighted by atomic mass is 10.0. The number of benzene rings is 2. The zero-order valence-electron chi connectivity index (χ0n) is 25.0. The van der Waals surface area contributed by atoms with E-state index in [1.165, 1.54) is 11.8 Å². The summed E-state index contributed by atoms with van der Waals surface area (Å²) in [6.45, 7) is 11.8. The van der Waals surface area contributed by atoms with Crippen LogP contribution in [-0.4, -0.2) is 28.7 Å². The van der Waals surface area contributed by atoms with Crippen LogP contribution in [0, 0.1) is 10.8 Å². The Morgan fingerprint density at radius 3 is 2.41 bits per heavy atom. The second kappa shape index (κ2) is 11.7. The molecule has 2 aliphatic rings. The van der Waals surface area contributed by atoms with Gasteiger partial charge in [0.05, 0.1) is 11.0 Å². The van der Waals surface area contributed by atoms with Gasteiger partial charge >= 0.3 is 0 Å². The molecule has 7 N–H and O–H groups in total. The number of carbonyl (C=O) groups excluding carboxylic acids is 2. The van der Waals surface area contributed by atoms with Crippen LogP contribution < -0.4 is 27.4 Å². The second-order valence-electron chi connectivity index (χ2n) is 11.1. The molecule has 0 radical (unpaired) electrons. The number of nitrogen functional groups attached to an aromatic ring is 1. The molecular formula is C33H42N6O2. The lowest BCUT2D eigenvalue weighted by molar-refractivity contribution is -0.120. The highest BCUT2D eigenvalue weighted by molar-refractivity contribution is 6.18. The van der Waals surface area contributed by atoms with Crippen molar-refractivity contribution in [1.29, 1.82) is 5.41 Å². The van der Waals surface area contributed by atoms with Gasteiger partial charge in [-0.2, -0.15) is 0 Å². The molecule has 0 saturated heterocycles. The number of fused-ring (bicyclic) bond motifs is 1. The highest BCUT2D eigenvalue weighted by atomic mass is 16.2. The SMILES string of the molecule is CC.CC/C(C)=c1/c(=C(\N=C(C)c2ccc(C3CC3)cc2NC(=O)C2(C)CC2)C(N)=O)[nH]c2ccc(N)c(C=N)c12. The average molecular weight is 555 g/mol. The molecule has 3 aromatic rings. The monoisotopic (exact) mass is 554 g/mol. The molecule has 2 aromatic carbocycles. The molecule has 8 nitrogen and oxygen atoms in total. The first kappa shape index (κ1) is 29.8. The van der Waals surface area contributed by atoms with Crippen molar-refractivity contribution < 1.29 is 9.59 Å². The minimum atomic E-state index is -0.680. The van der Waals surface area contributed by atoms with Gasteiger partial charge in [-0.05, 0) is 75.6 Å². The summed E-state index contributed by atoms with van der Waals surface area (Å²) < 4.78 is 0. The number of rotatable bonds is 8. The number of nitrogens with two attached hydrogens (primary N) is 2. The summed E-state index contributed by atoms with van der Waals surface area (Å²) in [5, 5.41) is 13.2. The van der Waals surface area contributed by atoms with Crippen LogP contribution in [0.2, 0.25) is 0 Å². The largest absolute Gasteiger partial charge is 0.398 e. The van der Waals surface area contributed by atoms with E-state index in [4.69, 9.17) is 21.9 Å². The standard InChI is InChI=1S/C31H36N6O2.C2H6/c1-5-16(2)25-26-21(15-32)22(33)10-11-23(26)36-27(25)28(29(34)38)35-17(3)20-9-8-19(18-6-7-18)14-24(20)37-30(39)31(4)12-13-31;1-2/h8-11,14-15,18,32,36H,5-7,12-13,33H2,1-4H3,(H2,34,38)(H,37,39);1-2H3/b25-16+,28-27+,32-15?,35-17?;. The summed E-state index contributed by atoms with van der Waals surface area (Å²) in [4.78, 5) is 34.0. The van der Waals surface area contributed by atoms with Crippen LogP contribution in [0.15, 0.2) is 35.3 Å². The van der Waals surface area contributed by atoms with E-state index < -0.39 is 5.91 Å². The molecular weight excluding hydrogens is 512 g/mol. The third-order valence-electron chi connectivity index (χ3n) is 8.17. The number of H-pyrrole nitrogens is 1. The molecule has 0 bridgehead atoms. The molecule has 0 spiro atoms. The maximum absolute atomic E-state index is 13.0. The van der Waals surface area contributed by atoms with Gasteiger partial charge in [-0.15, -0.1) is 0 Å². The Hall–Kier alpha value is -4.20. The number of hydrogen-bond donors (Lipinski definition) is 5. The Kier molecular flexibility index (Phi) is 8.52. The van der Waals surface area contributed by atoms with Crippen molar-refractivity contribution in [3.63, 3.8) is 0 Å². The highest BCUT2D eigenvalue weighted by Gasteiger charge is 2.45. The van der Waals surface area contributed by atoms with E-state index in [0.717, 1.165) is 59.4 Å². The van der Waals surface area contributed by atoms with E-state index in [1.807, 2.05) is 59.7 Å². The van der Waals surface area contributed by atoms with Gasteiger partial charge in [0.25, 0.3) is 5.91 Å². The number of primary amides is 1. The fourth-order valence-electron chi connectivity index (χ4n) is 5.07. The van der Waals surface area contributed by atoms with Crippen molar-refractivity contribution in [3.05, 3.63) is 57.6 Å². The number of nitrogens with zero attached hydrogens (tertiary/aromatic N) is 1. The lowest BCUT2D eigenvalue weighted by Crippen LogP contribution is -2.32. The first-order valence-electron chi connectivity index (χ1n) is 14.5. The number of nitrogens with one attached hydrogen (secondary N) is 3. The molecule has 216 valence electrons. The molecule has 0 atom stereocenters. The van der Waals surface area contributed by atoms with Crippen LogP contribution in [0.1, 0.15) is 96.3 Å². The van der Waals surface area contributed by atoms with E-state index in [-0.39, 0.29) is 17.0 Å². The van der Waals surface area contributed by atoms with E-state index in [9.17, 15) is 9.59 Å². The van der Waals surface area contributed by atoms with Crippen molar-refractivity contribution >= 4 is 57.3 Å². The molecule has 2 fully saturated rings. The zero-order valence-corrected chi connectivity index (χ0v) is 25.0. The van der Waals surface area contributed by atoms with Crippen LogP contribution >= 0.6 is 0 Å². The number of aromatic nitrogens is 1. The molecule has 41 heavy (non-hydrogen) atoms. The summed E-state index contributed by atoms with van der Waals surface area (Å²) in [6.07, 6.45) is 6.00. The van der Waals surface area contributed by atoms with Gasteiger partial charge in [0.2, 0.25) is 5.91 Å². The van der Waals surface area contributed by atoms with Crippen molar-refractivity contribution in [2.75, 3.05) is 11.1 Å². The summed E-state index contributed by atoms with van der Waals surface area (Å²) in [5.41, 5.74) is 17.9. The van der Waals surface area contributed by atoms with Crippen LogP contribution in [0.4, 0.5) is 11.4 Å². The topological polar surface area (TPSA) is 150 Å². The molecule has 1 aromatic heterocycles. The maximum atomic E-state index is 13.0. The first-order chi connectivity index (χ1) is 19.6. The number of aliphatic imine (C=N–C) groups is 1. The maximum Gasteiger partial charge on any atom is 0.269 e. The van der Waals surface area contributed by atoms with Gasteiger partial charge < -0.3 is 27.2 Å². The highest BCUT2D eigenvalue weighted by Crippen LogP contribution is 2.46. The van der Waals surface area contributed by atoms with Crippen LogP contribution in [0.3, 0.4) is 0 Å². The number of hydrogen-bond acceptors (Lipinski definition) is 5. The van der Waals surface area contributed by atoms with E-state index in [0.29, 0.717) is 33.9 Å². The predicted molar refractivity (Wildman–Crippen MR) is 170 cm³/mol. The third kappa shape index (κ3) is 5.82. The molecule has 2 saturated carbocycles. The second-order valence-corrected chi connectivity index (χ2v) is 11.1. The van der Waals surface area contributed by atoms with Crippen molar-refractivity contribution in [1.82, 2.24) is 4.98 Å². The first-order valence-corrected chi connectivity index (χ1v) is 14.5. The number of anilines is 2. The Labute approximate surface area is 241 Å². The fraction of sp³-hybridized carbons (Fsp3) is 0.394. The van der Waals surface area contributed by atoms with Gasteiger partial charge in [-0.3, -0.25) is 9.59 Å². The summed E-state index contributed by atoms with van der Waals surface area (Å²) in [7, 11) is 0. The predicted octanol–water partition coefficient (Wildman–Crippen LogP) is 5.07. The third-order valence-corrected chi connectivity index (χ3v) is 8.17. The van der Waals surface area contributed by atoms with Gasteiger partial charge in [0.15, 0.2) is 5.70 Å². The number of aromatic amines is 1.